The van der Waals surface area contributed by atoms with E-state index in [4.69, 9.17) is 0 Å². The second kappa shape index (κ2) is 9.85. The van der Waals surface area contributed by atoms with E-state index in [2.05, 4.69) is 32.7 Å². The smallest absolute Gasteiger partial charge is 0.318 e. The summed E-state index contributed by atoms with van der Waals surface area (Å²) in [7, 11) is 0. The third-order valence-electron chi connectivity index (χ3n) is 5.00. The summed E-state index contributed by atoms with van der Waals surface area (Å²) in [5, 5.41) is 5.21. The van der Waals surface area contributed by atoms with Crippen molar-refractivity contribution in [2.75, 3.05) is 19.6 Å². The number of carbonyl (C=O) groups is 1. The fourth-order valence-electron chi connectivity index (χ4n) is 3.56. The first-order valence-corrected chi connectivity index (χ1v) is 10.7. The summed E-state index contributed by atoms with van der Waals surface area (Å²) in [6, 6.07) is 8.76. The topological polar surface area (TPSA) is 48.5 Å². The highest BCUT2D eigenvalue weighted by Gasteiger charge is 2.28. The van der Waals surface area contributed by atoms with E-state index in [0.29, 0.717) is 6.54 Å². The van der Waals surface area contributed by atoms with E-state index in [0.717, 1.165) is 44.5 Å². The van der Waals surface area contributed by atoms with E-state index >= 15 is 0 Å². The molecule has 5 nitrogen and oxygen atoms in total. The molecule has 3 heterocycles. The fraction of sp³-hybridized carbons (Fsp3) is 0.524. The Morgan fingerprint density at radius 3 is 2.78 bits per heavy atom. The second-order valence-corrected chi connectivity index (χ2v) is 8.53. The molecule has 1 aliphatic heterocycles. The van der Waals surface area contributed by atoms with Gasteiger partial charge in [-0.1, -0.05) is 12.1 Å². The van der Waals surface area contributed by atoms with Gasteiger partial charge in [0.15, 0.2) is 0 Å². The lowest BCUT2D eigenvalue weighted by Crippen LogP contribution is -2.51. The van der Waals surface area contributed by atoms with Crippen molar-refractivity contribution >= 4 is 17.4 Å². The number of piperidine rings is 1. The van der Waals surface area contributed by atoms with Crippen LogP contribution in [0.15, 0.2) is 42.0 Å². The average molecular weight is 387 g/mol. The molecule has 1 saturated heterocycles. The predicted molar refractivity (Wildman–Crippen MR) is 111 cm³/mol. The third-order valence-corrected chi connectivity index (χ3v) is 5.94. The quantitative estimate of drug-likeness (QED) is 0.788. The molecule has 2 amide bonds. The molecule has 2 aromatic heterocycles. The van der Waals surface area contributed by atoms with Crippen LogP contribution in [0.5, 0.6) is 0 Å². The number of rotatable bonds is 7. The van der Waals surface area contributed by atoms with Crippen LogP contribution in [0, 0.1) is 0 Å². The van der Waals surface area contributed by atoms with Crippen LogP contribution >= 0.6 is 11.3 Å². The van der Waals surface area contributed by atoms with Crippen LogP contribution in [0.1, 0.15) is 37.1 Å². The number of urea groups is 1. The molecule has 0 saturated carbocycles. The molecule has 1 aliphatic rings. The van der Waals surface area contributed by atoms with Crippen LogP contribution in [-0.2, 0) is 13.0 Å². The van der Waals surface area contributed by atoms with Crippen molar-refractivity contribution < 1.29 is 4.79 Å². The van der Waals surface area contributed by atoms with Gasteiger partial charge >= 0.3 is 6.03 Å². The van der Waals surface area contributed by atoms with Crippen LogP contribution in [0.4, 0.5) is 4.79 Å². The SMILES string of the molecule is CC(C)NC(=O)N(Cc1cccnc1)C1CCN(CCc2cccs2)CC1. The number of hydrogen-bond donors (Lipinski definition) is 1. The number of pyridine rings is 1. The summed E-state index contributed by atoms with van der Waals surface area (Å²) in [6.07, 6.45) is 6.79. The Morgan fingerprint density at radius 1 is 1.33 bits per heavy atom. The summed E-state index contributed by atoms with van der Waals surface area (Å²) < 4.78 is 0. The number of nitrogens with one attached hydrogen (secondary N) is 1. The molecule has 0 aromatic carbocycles. The molecular weight excluding hydrogens is 356 g/mol. The highest BCUT2D eigenvalue weighted by atomic mass is 32.1. The Hall–Kier alpha value is -1.92. The number of hydrogen-bond acceptors (Lipinski definition) is 4. The maximum absolute atomic E-state index is 12.8. The van der Waals surface area contributed by atoms with Gasteiger partial charge in [-0.25, -0.2) is 4.79 Å². The minimum Gasteiger partial charge on any atom is -0.336 e. The molecule has 0 spiro atoms. The maximum atomic E-state index is 12.8. The molecule has 1 N–H and O–H groups in total. The van der Waals surface area contributed by atoms with Crippen molar-refractivity contribution in [1.29, 1.82) is 0 Å². The normalized spacial score (nSPS) is 15.8. The lowest BCUT2D eigenvalue weighted by Gasteiger charge is -2.39. The van der Waals surface area contributed by atoms with Gasteiger partial charge in [0, 0.05) is 55.5 Å². The van der Waals surface area contributed by atoms with E-state index < -0.39 is 0 Å². The summed E-state index contributed by atoms with van der Waals surface area (Å²) in [6.45, 7) is 7.84. The first kappa shape index (κ1) is 19.8. The fourth-order valence-corrected chi connectivity index (χ4v) is 4.26. The molecule has 0 aliphatic carbocycles. The number of carbonyl (C=O) groups excluding carboxylic acids is 1. The van der Waals surface area contributed by atoms with Gasteiger partial charge in [-0.3, -0.25) is 4.98 Å². The van der Waals surface area contributed by atoms with E-state index in [9.17, 15) is 4.79 Å². The van der Waals surface area contributed by atoms with E-state index in [1.165, 1.54) is 4.88 Å². The molecular formula is C21H30N4OS. The van der Waals surface area contributed by atoms with E-state index in [1.54, 1.807) is 6.20 Å². The summed E-state index contributed by atoms with van der Waals surface area (Å²) in [4.78, 5) is 23.0. The zero-order chi connectivity index (χ0) is 19.1. The van der Waals surface area contributed by atoms with E-state index in [1.807, 2.05) is 48.4 Å². The minimum absolute atomic E-state index is 0.0332. The Labute approximate surface area is 166 Å². The molecule has 0 radical (unpaired) electrons. The summed E-state index contributed by atoms with van der Waals surface area (Å²) in [5.74, 6) is 0. The predicted octanol–water partition coefficient (Wildman–Crippen LogP) is 3.77. The number of amides is 2. The average Bonchev–Trinajstić information content (AvgIpc) is 3.19. The Morgan fingerprint density at radius 2 is 2.15 bits per heavy atom. The third kappa shape index (κ3) is 6.04. The Kier molecular flexibility index (Phi) is 7.24. The molecule has 1 fully saturated rings. The van der Waals surface area contributed by atoms with Crippen molar-refractivity contribution in [3.05, 3.63) is 52.5 Å². The van der Waals surface area contributed by atoms with E-state index in [-0.39, 0.29) is 18.1 Å². The number of aromatic nitrogens is 1. The van der Waals surface area contributed by atoms with Crippen molar-refractivity contribution in [2.45, 2.75) is 51.7 Å². The number of thiophene rings is 1. The van der Waals surface area contributed by atoms with Crippen LogP contribution < -0.4 is 5.32 Å². The highest BCUT2D eigenvalue weighted by molar-refractivity contribution is 7.09. The first-order valence-electron chi connectivity index (χ1n) is 9.82. The van der Waals surface area contributed by atoms with Crippen LogP contribution in [-0.4, -0.2) is 52.5 Å². The van der Waals surface area contributed by atoms with Gasteiger partial charge in [0.1, 0.15) is 0 Å². The highest BCUT2D eigenvalue weighted by Crippen LogP contribution is 2.20. The Bertz CT molecular complexity index is 681. The minimum atomic E-state index is 0.0332. The lowest BCUT2D eigenvalue weighted by atomic mass is 10.0. The van der Waals surface area contributed by atoms with Gasteiger partial charge < -0.3 is 15.1 Å². The largest absolute Gasteiger partial charge is 0.336 e. The van der Waals surface area contributed by atoms with Gasteiger partial charge in [-0.2, -0.15) is 0 Å². The lowest BCUT2D eigenvalue weighted by molar-refractivity contribution is 0.116. The van der Waals surface area contributed by atoms with Gasteiger partial charge in [0.25, 0.3) is 0 Å². The molecule has 0 atom stereocenters. The maximum Gasteiger partial charge on any atom is 0.318 e. The molecule has 2 aromatic rings. The molecule has 27 heavy (non-hydrogen) atoms. The number of nitrogens with zero attached hydrogens (tertiary/aromatic N) is 3. The van der Waals surface area contributed by atoms with Crippen molar-refractivity contribution in [1.82, 2.24) is 20.1 Å². The van der Waals surface area contributed by atoms with Crippen LogP contribution in [0.3, 0.4) is 0 Å². The zero-order valence-electron chi connectivity index (χ0n) is 16.3. The van der Waals surface area contributed by atoms with Gasteiger partial charge in [-0.05, 0) is 56.2 Å². The molecule has 3 rings (SSSR count). The monoisotopic (exact) mass is 386 g/mol. The molecule has 0 bridgehead atoms. The van der Waals surface area contributed by atoms with Crippen molar-refractivity contribution in [3.63, 3.8) is 0 Å². The Balaban J connectivity index is 1.57. The van der Waals surface area contributed by atoms with Crippen LogP contribution in [0.25, 0.3) is 0 Å². The van der Waals surface area contributed by atoms with Gasteiger partial charge in [0.2, 0.25) is 0 Å². The molecule has 0 unspecified atom stereocenters. The standard InChI is InChI=1S/C21H30N4OS/c1-17(2)23-21(26)25(16-18-5-3-10-22-15-18)19-7-11-24(12-8-19)13-9-20-6-4-14-27-20/h3-6,10,14-15,17,19H,7-9,11-13,16H2,1-2H3,(H,23,26). The molecule has 6 heteroatoms. The zero-order valence-corrected chi connectivity index (χ0v) is 17.1. The van der Waals surface area contributed by atoms with Crippen molar-refractivity contribution in [2.24, 2.45) is 0 Å². The van der Waals surface area contributed by atoms with Gasteiger partial charge in [-0.15, -0.1) is 11.3 Å². The first-order chi connectivity index (χ1) is 13.1. The summed E-state index contributed by atoms with van der Waals surface area (Å²) in [5.41, 5.74) is 1.08. The second-order valence-electron chi connectivity index (χ2n) is 7.50. The number of likely N-dealkylation sites (tertiary alicyclic amines) is 1. The van der Waals surface area contributed by atoms with Crippen molar-refractivity contribution in [3.8, 4) is 0 Å². The van der Waals surface area contributed by atoms with Gasteiger partial charge in [0.05, 0.1) is 0 Å². The van der Waals surface area contributed by atoms with Crippen LogP contribution in [0.2, 0.25) is 0 Å². The summed E-state index contributed by atoms with van der Waals surface area (Å²) >= 11 is 1.83. The molecule has 146 valence electrons.